The maximum Gasteiger partial charge on any atom is 0.198 e. The Morgan fingerprint density at radius 1 is 0.483 bits per heavy atom. The topological polar surface area (TPSA) is 9.23 Å². The van der Waals surface area contributed by atoms with Crippen LogP contribution in [0.2, 0.25) is 0 Å². The number of hydrogen-bond donors (Lipinski definition) is 0. The number of halogens is 1. The Bertz CT molecular complexity index is 952. The van der Waals surface area contributed by atoms with E-state index in [0.717, 1.165) is 11.1 Å². The predicted molar refractivity (Wildman–Crippen MR) is 115 cm³/mol. The van der Waals surface area contributed by atoms with Gasteiger partial charge in [0.2, 0.25) is 0 Å². The fourth-order valence-corrected chi connectivity index (χ4v) is 4.20. The SMILES string of the molecule is COC(c1ccccc1)(c1ccccc1)C(F)(c1ccccc1)c1ccccc1. The largest absolute Gasteiger partial charge is 0.365 e. The van der Waals surface area contributed by atoms with Crippen LogP contribution in [0.25, 0.3) is 0 Å². The molecule has 29 heavy (non-hydrogen) atoms. The molecule has 0 atom stereocenters. The highest BCUT2D eigenvalue weighted by Gasteiger charge is 2.57. The molecule has 0 aliphatic carbocycles. The Hall–Kier alpha value is -3.23. The van der Waals surface area contributed by atoms with Gasteiger partial charge in [0, 0.05) is 7.11 Å². The molecule has 0 aromatic heterocycles. The van der Waals surface area contributed by atoms with Gasteiger partial charge in [0.25, 0.3) is 0 Å². The molecule has 0 radical (unpaired) electrons. The highest BCUT2D eigenvalue weighted by Crippen LogP contribution is 2.54. The Morgan fingerprint density at radius 3 is 1.03 bits per heavy atom. The molecular weight excluding hydrogens is 359 g/mol. The van der Waals surface area contributed by atoms with Crippen LogP contribution >= 0.6 is 0 Å². The molecule has 4 rings (SSSR count). The summed E-state index contributed by atoms with van der Waals surface area (Å²) >= 11 is 0. The van der Waals surface area contributed by atoms with E-state index in [0.29, 0.717) is 11.1 Å². The molecule has 4 aromatic rings. The molecule has 1 nitrogen and oxygen atoms in total. The van der Waals surface area contributed by atoms with Gasteiger partial charge in [-0.15, -0.1) is 0 Å². The predicted octanol–water partition coefficient (Wildman–Crippen LogP) is 6.49. The molecule has 0 saturated carbocycles. The number of methoxy groups -OCH3 is 1. The monoisotopic (exact) mass is 382 g/mol. The molecule has 0 fully saturated rings. The first-order valence-electron chi connectivity index (χ1n) is 9.69. The third kappa shape index (κ3) is 3.06. The zero-order valence-electron chi connectivity index (χ0n) is 16.3. The molecule has 0 heterocycles. The van der Waals surface area contributed by atoms with Crippen molar-refractivity contribution in [3.63, 3.8) is 0 Å². The van der Waals surface area contributed by atoms with E-state index in [1.165, 1.54) is 0 Å². The molecule has 0 unspecified atom stereocenters. The highest BCUT2D eigenvalue weighted by atomic mass is 19.1. The van der Waals surface area contributed by atoms with Crippen molar-refractivity contribution in [2.75, 3.05) is 7.11 Å². The fraction of sp³-hybridized carbons (Fsp3) is 0.111. The van der Waals surface area contributed by atoms with E-state index in [9.17, 15) is 0 Å². The van der Waals surface area contributed by atoms with Crippen LogP contribution in [0.1, 0.15) is 22.3 Å². The summed E-state index contributed by atoms with van der Waals surface area (Å²) in [5.41, 5.74) is -0.750. The van der Waals surface area contributed by atoms with Crippen LogP contribution in [0.15, 0.2) is 121 Å². The van der Waals surface area contributed by atoms with Gasteiger partial charge in [-0.2, -0.15) is 0 Å². The van der Waals surface area contributed by atoms with Gasteiger partial charge in [0.1, 0.15) is 0 Å². The molecular formula is C27H23FO. The average molecular weight is 382 g/mol. The maximum absolute atomic E-state index is 17.8. The zero-order valence-corrected chi connectivity index (χ0v) is 16.3. The Balaban J connectivity index is 2.13. The van der Waals surface area contributed by atoms with Crippen molar-refractivity contribution in [1.29, 1.82) is 0 Å². The lowest BCUT2D eigenvalue weighted by Gasteiger charge is -2.46. The lowest BCUT2D eigenvalue weighted by Crippen LogP contribution is -2.49. The van der Waals surface area contributed by atoms with Gasteiger partial charge < -0.3 is 4.74 Å². The minimum Gasteiger partial charge on any atom is -0.365 e. The quantitative estimate of drug-likeness (QED) is 0.370. The summed E-state index contributed by atoms with van der Waals surface area (Å²) in [7, 11) is 1.58. The van der Waals surface area contributed by atoms with Crippen LogP contribution in [0.3, 0.4) is 0 Å². The van der Waals surface area contributed by atoms with Crippen LogP contribution in [0.5, 0.6) is 0 Å². The highest BCUT2D eigenvalue weighted by molar-refractivity contribution is 5.50. The van der Waals surface area contributed by atoms with Gasteiger partial charge in [0.05, 0.1) is 0 Å². The van der Waals surface area contributed by atoms with Gasteiger partial charge in [-0.05, 0) is 22.3 Å². The molecule has 144 valence electrons. The first kappa shape index (κ1) is 19.1. The molecule has 0 amide bonds. The van der Waals surface area contributed by atoms with Gasteiger partial charge in [-0.1, -0.05) is 121 Å². The maximum atomic E-state index is 17.8. The lowest BCUT2D eigenvalue weighted by atomic mass is 9.67. The van der Waals surface area contributed by atoms with E-state index >= 15 is 4.39 Å². The van der Waals surface area contributed by atoms with Crippen LogP contribution in [-0.4, -0.2) is 7.11 Å². The molecule has 4 aromatic carbocycles. The van der Waals surface area contributed by atoms with Crippen molar-refractivity contribution in [2.24, 2.45) is 0 Å². The standard InChI is InChI=1S/C27H23FO/c1-29-27(24-18-10-4-11-19-24,25-20-12-5-13-21-25)26(28,22-14-6-2-7-15-22)23-16-8-3-9-17-23/h2-21H,1H3. The van der Waals surface area contributed by atoms with E-state index in [-0.39, 0.29) is 0 Å². The number of alkyl halides is 1. The molecule has 2 heteroatoms. The van der Waals surface area contributed by atoms with Crippen LogP contribution < -0.4 is 0 Å². The first-order chi connectivity index (χ1) is 14.2. The van der Waals surface area contributed by atoms with Crippen molar-refractivity contribution in [3.05, 3.63) is 144 Å². The number of benzene rings is 4. The van der Waals surface area contributed by atoms with E-state index in [1.54, 1.807) is 7.11 Å². The summed E-state index contributed by atoms with van der Waals surface area (Å²) in [5.74, 6) is 0. The van der Waals surface area contributed by atoms with Crippen molar-refractivity contribution < 1.29 is 9.13 Å². The third-order valence-corrected chi connectivity index (χ3v) is 5.50. The second-order valence-electron chi connectivity index (χ2n) is 7.01. The van der Waals surface area contributed by atoms with Crippen molar-refractivity contribution in [3.8, 4) is 0 Å². The van der Waals surface area contributed by atoms with Crippen LogP contribution in [-0.2, 0) is 16.0 Å². The molecule has 0 saturated heterocycles. The molecule has 0 N–H and O–H groups in total. The Kier molecular flexibility index (Phi) is 5.28. The molecule has 0 aliphatic heterocycles. The van der Waals surface area contributed by atoms with Crippen molar-refractivity contribution in [2.45, 2.75) is 11.3 Å². The van der Waals surface area contributed by atoms with E-state index in [2.05, 4.69) is 0 Å². The second-order valence-corrected chi connectivity index (χ2v) is 7.01. The Morgan fingerprint density at radius 2 is 0.759 bits per heavy atom. The summed E-state index contributed by atoms with van der Waals surface area (Å²) < 4.78 is 24.0. The summed E-state index contributed by atoms with van der Waals surface area (Å²) in [5, 5.41) is 0. The minimum atomic E-state index is -1.97. The van der Waals surface area contributed by atoms with Gasteiger partial charge >= 0.3 is 0 Å². The summed E-state index contributed by atoms with van der Waals surface area (Å²) in [6.07, 6.45) is 0. The molecule has 0 aliphatic rings. The van der Waals surface area contributed by atoms with Crippen molar-refractivity contribution >= 4 is 0 Å². The van der Waals surface area contributed by atoms with Gasteiger partial charge in [-0.25, -0.2) is 4.39 Å². The van der Waals surface area contributed by atoms with E-state index < -0.39 is 11.3 Å². The smallest absolute Gasteiger partial charge is 0.198 e. The second kappa shape index (κ2) is 8.02. The number of hydrogen-bond acceptors (Lipinski definition) is 1. The molecule has 0 spiro atoms. The number of ether oxygens (including phenoxy) is 1. The summed E-state index contributed by atoms with van der Waals surface area (Å²) in [4.78, 5) is 0. The van der Waals surface area contributed by atoms with Crippen LogP contribution in [0, 0.1) is 0 Å². The molecule has 0 bridgehead atoms. The van der Waals surface area contributed by atoms with E-state index in [4.69, 9.17) is 4.74 Å². The normalized spacial score (nSPS) is 11.9. The fourth-order valence-electron chi connectivity index (χ4n) is 4.20. The Labute approximate surface area is 171 Å². The average Bonchev–Trinajstić information content (AvgIpc) is 2.82. The number of rotatable bonds is 6. The van der Waals surface area contributed by atoms with Gasteiger partial charge in [-0.3, -0.25) is 0 Å². The van der Waals surface area contributed by atoms with E-state index in [1.807, 2.05) is 121 Å². The summed E-state index contributed by atoms with van der Waals surface area (Å²) in [6, 6.07) is 37.8. The third-order valence-electron chi connectivity index (χ3n) is 5.50. The first-order valence-corrected chi connectivity index (χ1v) is 9.69. The lowest BCUT2D eigenvalue weighted by molar-refractivity contribution is -0.0907. The summed E-state index contributed by atoms with van der Waals surface area (Å²) in [6.45, 7) is 0. The van der Waals surface area contributed by atoms with Crippen LogP contribution in [0.4, 0.5) is 4.39 Å². The van der Waals surface area contributed by atoms with Crippen molar-refractivity contribution in [1.82, 2.24) is 0 Å². The minimum absolute atomic E-state index is 0.542. The zero-order chi connectivity index (χ0) is 20.2. The van der Waals surface area contributed by atoms with Gasteiger partial charge in [0.15, 0.2) is 11.3 Å².